The zero-order chi connectivity index (χ0) is 12.8. The fraction of sp³-hybridized carbons (Fsp3) is 0.231. The van der Waals surface area contributed by atoms with Crippen molar-refractivity contribution in [3.8, 4) is 5.75 Å². The number of hydrogen-bond donors (Lipinski definition) is 1. The Hall–Kier alpha value is -1.52. The molecule has 0 amide bonds. The van der Waals surface area contributed by atoms with Gasteiger partial charge in [-0.3, -0.25) is 0 Å². The zero-order valence-corrected chi connectivity index (χ0v) is 10.4. The van der Waals surface area contributed by atoms with Crippen LogP contribution in [0.15, 0.2) is 41.0 Å². The average Bonchev–Trinajstić information content (AvgIpc) is 2.86. The maximum atomic E-state index is 13.1. The molecule has 0 aliphatic carbocycles. The lowest BCUT2D eigenvalue weighted by Crippen LogP contribution is -2.20. The van der Waals surface area contributed by atoms with E-state index in [0.29, 0.717) is 25.4 Å². The van der Waals surface area contributed by atoms with Gasteiger partial charge in [-0.2, -0.15) is 0 Å². The Morgan fingerprint density at radius 3 is 2.94 bits per heavy atom. The number of furan rings is 1. The summed E-state index contributed by atoms with van der Waals surface area (Å²) in [6, 6.07) is 8.11. The number of benzene rings is 1. The van der Waals surface area contributed by atoms with E-state index in [-0.39, 0.29) is 5.02 Å². The van der Waals surface area contributed by atoms with E-state index < -0.39 is 5.82 Å². The molecule has 1 aromatic carbocycles. The van der Waals surface area contributed by atoms with Gasteiger partial charge >= 0.3 is 0 Å². The molecule has 2 aromatic rings. The molecule has 2 rings (SSSR count). The maximum Gasteiger partial charge on any atom is 0.145 e. The molecule has 0 atom stereocenters. The Labute approximate surface area is 110 Å². The van der Waals surface area contributed by atoms with Crippen LogP contribution in [0.2, 0.25) is 5.02 Å². The van der Waals surface area contributed by atoms with E-state index in [1.54, 1.807) is 12.3 Å². The van der Waals surface area contributed by atoms with Gasteiger partial charge in [0.1, 0.15) is 23.9 Å². The highest BCUT2D eigenvalue weighted by molar-refractivity contribution is 6.30. The standard InChI is InChI=1S/C13H13ClFNO2/c14-12-4-3-10(8-13(12)15)18-7-5-16-9-11-2-1-6-17-11/h1-4,6,8,16H,5,7,9H2. The van der Waals surface area contributed by atoms with E-state index in [0.717, 1.165) is 5.76 Å². The largest absolute Gasteiger partial charge is 0.492 e. The zero-order valence-electron chi connectivity index (χ0n) is 9.66. The molecular formula is C13H13ClFNO2. The van der Waals surface area contributed by atoms with Crippen molar-refractivity contribution in [2.75, 3.05) is 13.2 Å². The third-order valence-corrected chi connectivity index (χ3v) is 2.62. The number of ether oxygens (including phenoxy) is 1. The first-order chi connectivity index (χ1) is 8.75. The highest BCUT2D eigenvalue weighted by Crippen LogP contribution is 2.20. The monoisotopic (exact) mass is 269 g/mol. The van der Waals surface area contributed by atoms with Crippen LogP contribution in [0.1, 0.15) is 5.76 Å². The molecule has 0 radical (unpaired) electrons. The molecule has 0 fully saturated rings. The summed E-state index contributed by atoms with van der Waals surface area (Å²) < 4.78 is 23.6. The van der Waals surface area contributed by atoms with Crippen molar-refractivity contribution in [2.45, 2.75) is 6.54 Å². The minimum absolute atomic E-state index is 0.0956. The molecule has 0 unspecified atom stereocenters. The Morgan fingerprint density at radius 1 is 1.33 bits per heavy atom. The molecule has 0 aliphatic heterocycles. The Kier molecular flexibility index (Phi) is 4.61. The second kappa shape index (κ2) is 6.42. The summed E-state index contributed by atoms with van der Waals surface area (Å²) in [4.78, 5) is 0. The van der Waals surface area contributed by atoms with Gasteiger partial charge in [0, 0.05) is 12.6 Å². The van der Waals surface area contributed by atoms with Gasteiger partial charge in [-0.1, -0.05) is 11.6 Å². The van der Waals surface area contributed by atoms with Gasteiger partial charge < -0.3 is 14.5 Å². The van der Waals surface area contributed by atoms with Crippen LogP contribution < -0.4 is 10.1 Å². The van der Waals surface area contributed by atoms with Crippen molar-refractivity contribution in [1.82, 2.24) is 5.32 Å². The summed E-state index contributed by atoms with van der Waals surface area (Å²) >= 11 is 5.57. The molecule has 18 heavy (non-hydrogen) atoms. The maximum absolute atomic E-state index is 13.1. The van der Waals surface area contributed by atoms with Crippen LogP contribution in [0.4, 0.5) is 4.39 Å². The van der Waals surface area contributed by atoms with E-state index >= 15 is 0 Å². The molecule has 3 nitrogen and oxygen atoms in total. The SMILES string of the molecule is Fc1cc(OCCNCc2ccco2)ccc1Cl. The second-order valence-electron chi connectivity index (χ2n) is 3.68. The molecule has 1 heterocycles. The Balaban J connectivity index is 1.67. The van der Waals surface area contributed by atoms with Gasteiger partial charge in [0.05, 0.1) is 17.8 Å². The Bertz CT molecular complexity index is 488. The topological polar surface area (TPSA) is 34.4 Å². The van der Waals surface area contributed by atoms with Crippen molar-refractivity contribution in [1.29, 1.82) is 0 Å². The van der Waals surface area contributed by atoms with Crippen LogP contribution in [-0.4, -0.2) is 13.2 Å². The average molecular weight is 270 g/mol. The normalized spacial score (nSPS) is 10.6. The fourth-order valence-corrected chi connectivity index (χ4v) is 1.55. The van der Waals surface area contributed by atoms with E-state index in [1.165, 1.54) is 12.1 Å². The van der Waals surface area contributed by atoms with E-state index in [9.17, 15) is 4.39 Å². The van der Waals surface area contributed by atoms with Crippen molar-refractivity contribution in [3.05, 3.63) is 53.2 Å². The third-order valence-electron chi connectivity index (χ3n) is 2.32. The first-order valence-corrected chi connectivity index (χ1v) is 5.94. The first kappa shape index (κ1) is 12.9. The molecule has 1 N–H and O–H groups in total. The second-order valence-corrected chi connectivity index (χ2v) is 4.09. The summed E-state index contributed by atoms with van der Waals surface area (Å²) in [5, 5.41) is 3.24. The van der Waals surface area contributed by atoms with Gasteiger partial charge in [-0.15, -0.1) is 0 Å². The van der Waals surface area contributed by atoms with Crippen molar-refractivity contribution in [2.24, 2.45) is 0 Å². The van der Waals surface area contributed by atoms with Crippen molar-refractivity contribution < 1.29 is 13.5 Å². The minimum atomic E-state index is -0.474. The predicted molar refractivity (Wildman–Crippen MR) is 67.3 cm³/mol. The van der Waals surface area contributed by atoms with Gasteiger partial charge in [0.2, 0.25) is 0 Å². The molecule has 0 saturated carbocycles. The summed E-state index contributed by atoms with van der Waals surface area (Å²) in [5.41, 5.74) is 0. The lowest BCUT2D eigenvalue weighted by Gasteiger charge is -2.07. The van der Waals surface area contributed by atoms with E-state index in [1.807, 2.05) is 12.1 Å². The van der Waals surface area contributed by atoms with Crippen LogP contribution >= 0.6 is 11.6 Å². The van der Waals surface area contributed by atoms with Crippen LogP contribution in [0, 0.1) is 5.82 Å². The number of halogens is 2. The smallest absolute Gasteiger partial charge is 0.145 e. The van der Waals surface area contributed by atoms with E-state index in [2.05, 4.69) is 5.32 Å². The lowest BCUT2D eigenvalue weighted by molar-refractivity contribution is 0.309. The highest BCUT2D eigenvalue weighted by Gasteiger charge is 2.01. The summed E-state index contributed by atoms with van der Waals surface area (Å²) in [6.07, 6.45) is 1.63. The van der Waals surface area contributed by atoms with Crippen LogP contribution in [0.5, 0.6) is 5.75 Å². The van der Waals surface area contributed by atoms with Crippen LogP contribution in [0.25, 0.3) is 0 Å². The van der Waals surface area contributed by atoms with Crippen LogP contribution in [-0.2, 0) is 6.54 Å². The van der Waals surface area contributed by atoms with Crippen molar-refractivity contribution >= 4 is 11.6 Å². The molecule has 0 bridgehead atoms. The number of nitrogens with one attached hydrogen (secondary N) is 1. The molecule has 0 saturated heterocycles. The number of rotatable bonds is 6. The lowest BCUT2D eigenvalue weighted by atomic mass is 10.3. The van der Waals surface area contributed by atoms with Gasteiger partial charge in [-0.25, -0.2) is 4.39 Å². The Morgan fingerprint density at radius 2 is 2.22 bits per heavy atom. The first-order valence-electron chi connectivity index (χ1n) is 5.56. The molecular weight excluding hydrogens is 257 g/mol. The summed E-state index contributed by atoms with van der Waals surface area (Å²) in [5.74, 6) is 0.863. The molecule has 0 spiro atoms. The highest BCUT2D eigenvalue weighted by atomic mass is 35.5. The van der Waals surface area contributed by atoms with Crippen LogP contribution in [0.3, 0.4) is 0 Å². The van der Waals surface area contributed by atoms with Gasteiger partial charge in [0.15, 0.2) is 0 Å². The predicted octanol–water partition coefficient (Wildman–Crippen LogP) is 3.24. The minimum Gasteiger partial charge on any atom is -0.492 e. The molecule has 1 aromatic heterocycles. The number of hydrogen-bond acceptors (Lipinski definition) is 3. The van der Waals surface area contributed by atoms with E-state index in [4.69, 9.17) is 20.8 Å². The summed E-state index contributed by atoms with van der Waals surface area (Å²) in [7, 11) is 0. The summed E-state index contributed by atoms with van der Waals surface area (Å²) in [6.45, 7) is 1.73. The molecule has 96 valence electrons. The molecule has 5 heteroatoms. The fourth-order valence-electron chi connectivity index (χ4n) is 1.43. The van der Waals surface area contributed by atoms with Gasteiger partial charge in [-0.05, 0) is 24.3 Å². The van der Waals surface area contributed by atoms with Crippen molar-refractivity contribution in [3.63, 3.8) is 0 Å². The van der Waals surface area contributed by atoms with Gasteiger partial charge in [0.25, 0.3) is 0 Å². The molecule has 0 aliphatic rings. The third kappa shape index (κ3) is 3.75. The quantitative estimate of drug-likeness (QED) is 0.818.